The number of nitro benzene ring substituents is 1. The number of carbonyl (C=O) groups is 2. The van der Waals surface area contributed by atoms with E-state index in [9.17, 15) is 19.7 Å². The van der Waals surface area contributed by atoms with E-state index in [0.717, 1.165) is 5.56 Å². The molecule has 0 aliphatic rings. The molecule has 9 heteroatoms. The molecule has 1 amide bonds. The van der Waals surface area contributed by atoms with Gasteiger partial charge in [-0.2, -0.15) is 11.3 Å². The molecule has 0 saturated carbocycles. The quantitative estimate of drug-likeness (QED) is 0.298. The molecule has 0 aliphatic heterocycles. The van der Waals surface area contributed by atoms with Crippen molar-refractivity contribution in [1.82, 2.24) is 0 Å². The van der Waals surface area contributed by atoms with E-state index in [1.807, 2.05) is 16.8 Å². The third-order valence-electron chi connectivity index (χ3n) is 3.94. The van der Waals surface area contributed by atoms with Crippen LogP contribution >= 0.6 is 27.3 Å². The summed E-state index contributed by atoms with van der Waals surface area (Å²) >= 11 is 4.68. The number of amides is 1. The Balaban J connectivity index is 1.79. The molecule has 3 rings (SSSR count). The summed E-state index contributed by atoms with van der Waals surface area (Å²) in [6, 6.07) is 14.4. The van der Waals surface area contributed by atoms with E-state index in [1.54, 1.807) is 30.3 Å². The van der Waals surface area contributed by atoms with Gasteiger partial charge in [0.05, 0.1) is 17.0 Å². The summed E-state index contributed by atoms with van der Waals surface area (Å²) in [7, 11) is 0. The number of halogens is 1. The van der Waals surface area contributed by atoms with E-state index in [1.165, 1.54) is 29.5 Å². The van der Waals surface area contributed by atoms with Crippen LogP contribution in [0.2, 0.25) is 0 Å². The summed E-state index contributed by atoms with van der Waals surface area (Å²) in [4.78, 5) is 35.6. The summed E-state index contributed by atoms with van der Waals surface area (Å²) < 4.78 is 5.82. The van der Waals surface area contributed by atoms with Crippen molar-refractivity contribution in [3.63, 3.8) is 0 Å². The van der Waals surface area contributed by atoms with Crippen molar-refractivity contribution in [2.75, 3.05) is 5.32 Å². The van der Waals surface area contributed by atoms with Crippen LogP contribution in [0.5, 0.6) is 0 Å². The minimum atomic E-state index is -1.16. The molecule has 0 radical (unpaired) electrons. The Morgan fingerprint density at radius 2 is 1.93 bits per heavy atom. The third kappa shape index (κ3) is 5.49. The largest absolute Gasteiger partial charge is 0.447 e. The van der Waals surface area contributed by atoms with Crippen LogP contribution in [0.15, 0.2) is 69.8 Å². The van der Waals surface area contributed by atoms with Crippen molar-refractivity contribution in [3.8, 4) is 0 Å². The van der Waals surface area contributed by atoms with Gasteiger partial charge in [0, 0.05) is 22.2 Å². The minimum Gasteiger partial charge on any atom is -0.447 e. The number of thiophene rings is 1. The number of nitro groups is 1. The maximum atomic E-state index is 12.9. The molecule has 0 saturated heterocycles. The summed E-state index contributed by atoms with van der Waals surface area (Å²) in [6.45, 7) is 0. The molecule has 1 unspecified atom stereocenters. The smallest absolute Gasteiger partial charge is 0.311 e. The van der Waals surface area contributed by atoms with Crippen LogP contribution < -0.4 is 5.32 Å². The number of hydrogen-bond acceptors (Lipinski definition) is 6. The fourth-order valence-electron chi connectivity index (χ4n) is 2.55. The maximum Gasteiger partial charge on any atom is 0.311 e. The maximum absolute atomic E-state index is 12.9. The highest BCUT2D eigenvalue weighted by molar-refractivity contribution is 9.10. The van der Waals surface area contributed by atoms with E-state index < -0.39 is 22.9 Å². The average molecular weight is 475 g/mol. The molecule has 29 heavy (non-hydrogen) atoms. The molecule has 1 atom stereocenters. The Bertz CT molecular complexity index is 1020. The van der Waals surface area contributed by atoms with Gasteiger partial charge in [-0.25, -0.2) is 0 Å². The number of benzene rings is 2. The highest BCUT2D eigenvalue weighted by atomic mass is 79.9. The Labute approximate surface area is 178 Å². The van der Waals surface area contributed by atoms with Gasteiger partial charge in [-0.15, -0.1) is 0 Å². The Morgan fingerprint density at radius 3 is 2.55 bits per heavy atom. The summed E-state index contributed by atoms with van der Waals surface area (Å²) in [5, 5.41) is 17.2. The first-order valence-corrected chi connectivity index (χ1v) is 10.2. The Morgan fingerprint density at radius 1 is 1.17 bits per heavy atom. The van der Waals surface area contributed by atoms with Crippen LogP contribution in [0.1, 0.15) is 17.2 Å². The van der Waals surface area contributed by atoms with Gasteiger partial charge in [0.2, 0.25) is 6.10 Å². The van der Waals surface area contributed by atoms with Crippen LogP contribution in [-0.4, -0.2) is 16.8 Å². The predicted octanol–water partition coefficient (Wildman–Crippen LogP) is 4.88. The zero-order valence-electron chi connectivity index (χ0n) is 14.9. The van der Waals surface area contributed by atoms with Crippen molar-refractivity contribution in [2.24, 2.45) is 0 Å². The average Bonchev–Trinajstić information content (AvgIpc) is 3.21. The number of nitrogens with one attached hydrogen (secondary N) is 1. The number of non-ortho nitro benzene ring substituents is 1. The lowest BCUT2D eigenvalue weighted by atomic mass is 10.1. The zero-order chi connectivity index (χ0) is 20.8. The van der Waals surface area contributed by atoms with Gasteiger partial charge < -0.3 is 10.1 Å². The van der Waals surface area contributed by atoms with Crippen molar-refractivity contribution < 1.29 is 19.2 Å². The molecule has 7 nitrogen and oxygen atoms in total. The molecule has 1 N–H and O–H groups in total. The number of rotatable bonds is 7. The summed E-state index contributed by atoms with van der Waals surface area (Å²) in [5.41, 5.74) is 1.54. The molecule has 0 spiro atoms. The van der Waals surface area contributed by atoms with Gasteiger partial charge in [-0.3, -0.25) is 19.7 Å². The minimum absolute atomic E-state index is 0.0569. The lowest BCUT2D eigenvalue weighted by Crippen LogP contribution is -2.26. The fourth-order valence-corrected chi connectivity index (χ4v) is 3.69. The second-order valence-corrected chi connectivity index (χ2v) is 7.63. The van der Waals surface area contributed by atoms with Crippen molar-refractivity contribution in [3.05, 3.63) is 91.1 Å². The second kappa shape index (κ2) is 9.44. The zero-order valence-corrected chi connectivity index (χ0v) is 17.3. The first kappa shape index (κ1) is 20.7. The number of hydrogen-bond donors (Lipinski definition) is 1. The van der Waals surface area contributed by atoms with E-state index >= 15 is 0 Å². The van der Waals surface area contributed by atoms with Gasteiger partial charge in [0.15, 0.2) is 0 Å². The molecule has 2 aromatic carbocycles. The van der Waals surface area contributed by atoms with Crippen molar-refractivity contribution >= 4 is 50.5 Å². The molecule has 0 bridgehead atoms. The molecule has 1 aromatic heterocycles. The van der Waals surface area contributed by atoms with Crippen molar-refractivity contribution in [2.45, 2.75) is 12.5 Å². The molecule has 0 fully saturated rings. The number of anilines is 1. The topological polar surface area (TPSA) is 98.5 Å². The number of carbonyl (C=O) groups excluding carboxylic acids is 2. The van der Waals surface area contributed by atoms with Gasteiger partial charge in [0.1, 0.15) is 0 Å². The lowest BCUT2D eigenvalue weighted by molar-refractivity contribution is -0.384. The van der Waals surface area contributed by atoms with Gasteiger partial charge in [-0.1, -0.05) is 30.3 Å². The van der Waals surface area contributed by atoms with Crippen molar-refractivity contribution in [1.29, 1.82) is 0 Å². The first-order valence-electron chi connectivity index (χ1n) is 8.44. The highest BCUT2D eigenvalue weighted by Crippen LogP contribution is 2.29. The molecular weight excluding hydrogens is 460 g/mol. The molecule has 1 heterocycles. The fraction of sp³-hybridized carbons (Fsp3) is 0.100. The van der Waals surface area contributed by atoms with Gasteiger partial charge in [-0.05, 0) is 44.4 Å². The van der Waals surface area contributed by atoms with Crippen LogP contribution in [-0.2, 0) is 20.7 Å². The SMILES string of the molecule is O=C(Cc1ccsc1)OC(C(=O)Nc1ccc([N+](=O)[O-])cc1Br)c1ccccc1. The first-order chi connectivity index (χ1) is 13.9. The van der Waals surface area contributed by atoms with E-state index in [2.05, 4.69) is 21.2 Å². The Kier molecular flexibility index (Phi) is 6.73. The molecular formula is C20H15BrN2O5S. The molecule has 3 aromatic rings. The summed E-state index contributed by atoms with van der Waals surface area (Å²) in [5.74, 6) is -1.10. The lowest BCUT2D eigenvalue weighted by Gasteiger charge is -2.18. The van der Waals surface area contributed by atoms with Gasteiger partial charge in [0.25, 0.3) is 11.6 Å². The van der Waals surface area contributed by atoms with Gasteiger partial charge >= 0.3 is 5.97 Å². The second-order valence-electron chi connectivity index (χ2n) is 6.00. The number of ether oxygens (including phenoxy) is 1. The monoisotopic (exact) mass is 474 g/mol. The van der Waals surface area contributed by atoms with Crippen LogP contribution in [0.25, 0.3) is 0 Å². The van der Waals surface area contributed by atoms with Crippen LogP contribution in [0.3, 0.4) is 0 Å². The third-order valence-corrected chi connectivity index (χ3v) is 5.33. The van der Waals surface area contributed by atoms with E-state index in [0.29, 0.717) is 15.7 Å². The van der Waals surface area contributed by atoms with E-state index in [4.69, 9.17) is 4.74 Å². The number of esters is 1. The van der Waals surface area contributed by atoms with E-state index in [-0.39, 0.29) is 12.1 Å². The summed E-state index contributed by atoms with van der Waals surface area (Å²) in [6.07, 6.45) is -1.11. The molecule has 0 aliphatic carbocycles. The predicted molar refractivity (Wildman–Crippen MR) is 113 cm³/mol. The Hall–Kier alpha value is -3.04. The molecule has 148 valence electrons. The highest BCUT2D eigenvalue weighted by Gasteiger charge is 2.26. The van der Waals surface area contributed by atoms with Crippen LogP contribution in [0, 0.1) is 10.1 Å². The van der Waals surface area contributed by atoms with Crippen LogP contribution in [0.4, 0.5) is 11.4 Å². The number of nitrogens with zero attached hydrogens (tertiary/aromatic N) is 1. The standard InChI is InChI=1S/C20H15BrN2O5S/c21-16-11-15(23(26)27)6-7-17(16)22-20(25)19(14-4-2-1-3-5-14)28-18(24)10-13-8-9-29-12-13/h1-9,11-12,19H,10H2,(H,22,25). The normalized spacial score (nSPS) is 11.5.